The molecule has 1 aromatic rings. The Labute approximate surface area is 156 Å². The first kappa shape index (κ1) is 18.7. The lowest BCUT2D eigenvalue weighted by atomic mass is 9.84. The Morgan fingerprint density at radius 3 is 2.54 bits per heavy atom. The van der Waals surface area contributed by atoms with Gasteiger partial charge in [-0.3, -0.25) is 14.5 Å². The van der Waals surface area contributed by atoms with Crippen molar-refractivity contribution in [3.63, 3.8) is 0 Å². The molecular formula is C21H30N2O3. The van der Waals surface area contributed by atoms with Crippen LogP contribution in [-0.2, 0) is 16.0 Å². The molecule has 1 fully saturated rings. The average molecular weight is 358 g/mol. The van der Waals surface area contributed by atoms with Gasteiger partial charge in [0, 0.05) is 11.7 Å². The van der Waals surface area contributed by atoms with E-state index in [-0.39, 0.29) is 23.3 Å². The number of methoxy groups -OCH3 is 1. The van der Waals surface area contributed by atoms with Crippen LogP contribution in [0.15, 0.2) is 18.2 Å². The number of fused-ring (bicyclic) bond motifs is 1. The van der Waals surface area contributed by atoms with E-state index in [2.05, 4.69) is 5.32 Å². The predicted molar refractivity (Wildman–Crippen MR) is 102 cm³/mol. The maximum atomic E-state index is 13.2. The van der Waals surface area contributed by atoms with Crippen LogP contribution in [0.2, 0.25) is 0 Å². The van der Waals surface area contributed by atoms with E-state index in [9.17, 15) is 9.59 Å². The van der Waals surface area contributed by atoms with Crippen molar-refractivity contribution in [2.24, 2.45) is 5.41 Å². The molecule has 0 radical (unpaired) electrons. The third-order valence-corrected chi connectivity index (χ3v) is 5.43. The van der Waals surface area contributed by atoms with E-state index >= 15 is 0 Å². The number of amides is 2. The van der Waals surface area contributed by atoms with E-state index in [1.807, 2.05) is 39.0 Å². The van der Waals surface area contributed by atoms with Crippen molar-refractivity contribution < 1.29 is 14.3 Å². The van der Waals surface area contributed by atoms with Crippen LogP contribution in [0.5, 0.6) is 5.75 Å². The summed E-state index contributed by atoms with van der Waals surface area (Å²) in [7, 11) is 1.62. The summed E-state index contributed by atoms with van der Waals surface area (Å²) in [5, 5.41) is 3.22. The number of nitrogens with zero attached hydrogens (tertiary/aromatic N) is 1. The Hall–Kier alpha value is -2.04. The van der Waals surface area contributed by atoms with Gasteiger partial charge in [0.15, 0.2) is 0 Å². The summed E-state index contributed by atoms with van der Waals surface area (Å²) in [5.74, 6) is 0.672. The van der Waals surface area contributed by atoms with Crippen molar-refractivity contribution in [3.8, 4) is 5.75 Å². The Morgan fingerprint density at radius 2 is 1.92 bits per heavy atom. The van der Waals surface area contributed by atoms with Gasteiger partial charge < -0.3 is 10.1 Å². The zero-order valence-electron chi connectivity index (χ0n) is 16.3. The van der Waals surface area contributed by atoms with Gasteiger partial charge in [-0.1, -0.05) is 40.0 Å². The minimum Gasteiger partial charge on any atom is -0.497 e. The molecule has 5 heteroatoms. The minimum absolute atomic E-state index is 0.0213. The van der Waals surface area contributed by atoms with Crippen molar-refractivity contribution in [1.29, 1.82) is 0 Å². The first-order valence-corrected chi connectivity index (χ1v) is 9.60. The molecule has 26 heavy (non-hydrogen) atoms. The van der Waals surface area contributed by atoms with Crippen LogP contribution in [0.3, 0.4) is 0 Å². The van der Waals surface area contributed by atoms with Gasteiger partial charge >= 0.3 is 0 Å². The smallest absolute Gasteiger partial charge is 0.243 e. The number of carbonyl (C=O) groups excluding carboxylic acids is 2. The van der Waals surface area contributed by atoms with E-state index in [1.165, 1.54) is 6.42 Å². The van der Waals surface area contributed by atoms with Crippen LogP contribution in [0.1, 0.15) is 58.4 Å². The lowest BCUT2D eigenvalue weighted by Crippen LogP contribution is -2.57. The third-order valence-electron chi connectivity index (χ3n) is 5.43. The van der Waals surface area contributed by atoms with Gasteiger partial charge in [0.2, 0.25) is 11.8 Å². The summed E-state index contributed by atoms with van der Waals surface area (Å²) in [6.45, 7) is 6.06. The summed E-state index contributed by atoms with van der Waals surface area (Å²) in [5.41, 5.74) is 1.39. The third kappa shape index (κ3) is 3.71. The first-order valence-electron chi connectivity index (χ1n) is 9.60. The van der Waals surface area contributed by atoms with E-state index in [1.54, 1.807) is 12.0 Å². The number of benzene rings is 1. The maximum absolute atomic E-state index is 13.2. The maximum Gasteiger partial charge on any atom is 0.243 e. The fraction of sp³-hybridized carbons (Fsp3) is 0.619. The minimum atomic E-state index is -0.522. The fourth-order valence-electron chi connectivity index (χ4n) is 4.16. The van der Waals surface area contributed by atoms with E-state index in [4.69, 9.17) is 4.74 Å². The van der Waals surface area contributed by atoms with Crippen LogP contribution in [0, 0.1) is 5.41 Å². The number of carbonyl (C=O) groups is 2. The molecule has 2 amide bonds. The zero-order chi connectivity index (χ0) is 18.9. The molecule has 1 aliphatic carbocycles. The van der Waals surface area contributed by atoms with Crippen LogP contribution in [0.4, 0.5) is 5.69 Å². The Balaban J connectivity index is 1.89. The van der Waals surface area contributed by atoms with E-state index in [0.29, 0.717) is 6.42 Å². The second-order valence-corrected chi connectivity index (χ2v) is 8.55. The van der Waals surface area contributed by atoms with Gasteiger partial charge in [-0.25, -0.2) is 0 Å². The van der Waals surface area contributed by atoms with Crippen molar-refractivity contribution in [2.45, 2.75) is 71.4 Å². The summed E-state index contributed by atoms with van der Waals surface area (Å²) < 4.78 is 5.28. The molecule has 1 aliphatic heterocycles. The summed E-state index contributed by atoms with van der Waals surface area (Å²) in [6, 6.07) is 5.35. The fourth-order valence-corrected chi connectivity index (χ4v) is 4.16. The second kappa shape index (κ2) is 7.29. The summed E-state index contributed by atoms with van der Waals surface area (Å²) >= 11 is 0. The highest BCUT2D eigenvalue weighted by Gasteiger charge is 2.43. The van der Waals surface area contributed by atoms with Crippen LogP contribution >= 0.6 is 0 Å². The predicted octanol–water partition coefficient (Wildman–Crippen LogP) is 3.45. The highest BCUT2D eigenvalue weighted by Crippen LogP contribution is 2.38. The number of anilines is 1. The Bertz CT molecular complexity index is 687. The molecule has 142 valence electrons. The van der Waals surface area contributed by atoms with Crippen LogP contribution in [0.25, 0.3) is 0 Å². The Kier molecular flexibility index (Phi) is 5.26. The van der Waals surface area contributed by atoms with Gasteiger partial charge in [0.25, 0.3) is 0 Å². The topological polar surface area (TPSA) is 58.6 Å². The van der Waals surface area contributed by atoms with Gasteiger partial charge in [0.05, 0.1) is 13.5 Å². The van der Waals surface area contributed by atoms with Gasteiger partial charge in [-0.15, -0.1) is 0 Å². The molecule has 1 atom stereocenters. The van der Waals surface area contributed by atoms with Gasteiger partial charge in [-0.05, 0) is 42.0 Å². The molecule has 0 saturated heterocycles. The van der Waals surface area contributed by atoms with Crippen molar-refractivity contribution in [1.82, 2.24) is 5.32 Å². The average Bonchev–Trinajstić information content (AvgIpc) is 2.90. The number of rotatable bonds is 4. The molecule has 1 aromatic carbocycles. The SMILES string of the molecule is COc1ccc2c(c1)CC(=O)N2C(C(=O)NC1CCCCC1)C(C)(C)C. The number of ether oxygens (including phenoxy) is 1. The van der Waals surface area contributed by atoms with Gasteiger partial charge in [0.1, 0.15) is 11.8 Å². The molecule has 1 saturated carbocycles. The molecule has 1 heterocycles. The van der Waals surface area contributed by atoms with Crippen molar-refractivity contribution in [2.75, 3.05) is 12.0 Å². The lowest BCUT2D eigenvalue weighted by molar-refractivity contribution is -0.129. The molecule has 0 bridgehead atoms. The number of hydrogen-bond donors (Lipinski definition) is 1. The highest BCUT2D eigenvalue weighted by atomic mass is 16.5. The highest BCUT2D eigenvalue weighted by molar-refractivity contribution is 6.07. The van der Waals surface area contributed by atoms with Gasteiger partial charge in [-0.2, -0.15) is 0 Å². The normalized spacial score (nSPS) is 19.2. The lowest BCUT2D eigenvalue weighted by Gasteiger charge is -2.38. The second-order valence-electron chi connectivity index (χ2n) is 8.55. The molecular weight excluding hydrogens is 328 g/mol. The monoisotopic (exact) mass is 358 g/mol. The molecule has 5 nitrogen and oxygen atoms in total. The van der Waals surface area contributed by atoms with Crippen LogP contribution in [-0.4, -0.2) is 31.0 Å². The number of hydrogen-bond acceptors (Lipinski definition) is 3. The van der Waals surface area contributed by atoms with Crippen molar-refractivity contribution in [3.05, 3.63) is 23.8 Å². The summed E-state index contributed by atoms with van der Waals surface area (Å²) in [4.78, 5) is 27.7. The van der Waals surface area contributed by atoms with Crippen molar-refractivity contribution >= 4 is 17.5 Å². The largest absolute Gasteiger partial charge is 0.497 e. The quantitative estimate of drug-likeness (QED) is 0.897. The molecule has 1 N–H and O–H groups in total. The molecule has 0 aromatic heterocycles. The zero-order valence-corrected chi connectivity index (χ0v) is 16.3. The van der Waals surface area contributed by atoms with Crippen LogP contribution < -0.4 is 15.0 Å². The first-order chi connectivity index (χ1) is 12.3. The molecule has 1 unspecified atom stereocenters. The standard InChI is InChI=1S/C21H30N2O3/c1-21(2,3)19(20(25)22-15-8-6-5-7-9-15)23-17-11-10-16(26-4)12-14(17)13-18(23)24/h10-12,15,19H,5-9,13H2,1-4H3,(H,22,25). The summed E-state index contributed by atoms with van der Waals surface area (Å²) in [6.07, 6.45) is 5.95. The molecule has 3 rings (SSSR count). The van der Waals surface area contributed by atoms with E-state index < -0.39 is 6.04 Å². The van der Waals surface area contributed by atoms with E-state index in [0.717, 1.165) is 42.7 Å². The Morgan fingerprint density at radius 1 is 1.23 bits per heavy atom. The molecule has 0 spiro atoms. The molecule has 2 aliphatic rings. The number of nitrogens with one attached hydrogen (secondary N) is 1.